The third kappa shape index (κ3) is 4.27. The minimum absolute atomic E-state index is 0.180. The third-order valence-electron chi connectivity index (χ3n) is 1.80. The Kier molecular flexibility index (Phi) is 4.86. The van der Waals surface area contributed by atoms with Crippen LogP contribution >= 0.6 is 23.1 Å². The lowest BCUT2D eigenvalue weighted by atomic mass is 10.5. The van der Waals surface area contributed by atoms with Crippen molar-refractivity contribution in [3.05, 3.63) is 40.8 Å². The molecule has 2 aromatic rings. The summed E-state index contributed by atoms with van der Waals surface area (Å²) in [5.74, 6) is 0.0615. The molecule has 1 N–H and O–H groups in total. The lowest BCUT2D eigenvalue weighted by Gasteiger charge is -1.98. The van der Waals surface area contributed by atoms with E-state index in [4.69, 9.17) is 0 Å². The summed E-state index contributed by atoms with van der Waals surface area (Å²) in [6.07, 6.45) is 4.90. The molecule has 92 valence electrons. The van der Waals surface area contributed by atoms with Gasteiger partial charge < -0.3 is 0 Å². The number of amides is 1. The first-order chi connectivity index (χ1) is 8.84. The number of aromatic nitrogens is 2. The molecule has 0 aliphatic heterocycles. The van der Waals surface area contributed by atoms with E-state index in [0.29, 0.717) is 5.16 Å². The van der Waals surface area contributed by atoms with Crippen LogP contribution in [0.4, 0.5) is 0 Å². The second kappa shape index (κ2) is 6.87. The lowest BCUT2D eigenvalue weighted by molar-refractivity contribution is -0.118. The number of thiophene rings is 1. The number of carbonyl (C=O) groups is 1. The molecule has 0 aromatic carbocycles. The molecule has 0 fully saturated rings. The van der Waals surface area contributed by atoms with E-state index >= 15 is 0 Å². The molecule has 0 saturated carbocycles. The lowest BCUT2D eigenvalue weighted by Crippen LogP contribution is -2.19. The Bertz CT molecular complexity index is 513. The van der Waals surface area contributed by atoms with Gasteiger partial charge in [0.2, 0.25) is 0 Å². The molecular weight excluding hydrogens is 268 g/mol. The number of nitrogens with zero attached hydrogens (tertiary/aromatic N) is 3. The highest BCUT2D eigenvalue weighted by Gasteiger charge is 2.02. The van der Waals surface area contributed by atoms with Crippen molar-refractivity contribution in [1.29, 1.82) is 0 Å². The van der Waals surface area contributed by atoms with Crippen LogP contribution in [0.1, 0.15) is 4.88 Å². The second-order valence-corrected chi connectivity index (χ2v) is 5.05. The number of nitrogens with one attached hydrogen (secondary N) is 1. The Hall–Kier alpha value is -1.73. The van der Waals surface area contributed by atoms with E-state index in [1.54, 1.807) is 36.0 Å². The quantitative estimate of drug-likeness (QED) is 0.392. The zero-order chi connectivity index (χ0) is 12.6. The molecule has 2 rings (SSSR count). The highest BCUT2D eigenvalue weighted by molar-refractivity contribution is 7.99. The van der Waals surface area contributed by atoms with Gasteiger partial charge in [-0.2, -0.15) is 5.10 Å². The molecule has 0 spiro atoms. The Morgan fingerprint density at radius 1 is 1.44 bits per heavy atom. The summed E-state index contributed by atoms with van der Waals surface area (Å²) in [6.45, 7) is 0. The van der Waals surface area contributed by atoms with Crippen LogP contribution in [0.2, 0.25) is 0 Å². The van der Waals surface area contributed by atoms with Crippen molar-refractivity contribution in [2.75, 3.05) is 5.75 Å². The number of hydrazone groups is 1. The molecule has 2 aromatic heterocycles. The summed E-state index contributed by atoms with van der Waals surface area (Å²) in [7, 11) is 0. The number of hydrogen-bond donors (Lipinski definition) is 1. The standard InChI is InChI=1S/C11H10N4OS2/c16-10(8-18-11-12-4-2-5-13-11)15-14-7-9-3-1-6-17-9/h1-7H,8H2,(H,15,16). The van der Waals surface area contributed by atoms with Gasteiger partial charge in [0, 0.05) is 17.3 Å². The van der Waals surface area contributed by atoms with Gasteiger partial charge >= 0.3 is 0 Å². The summed E-state index contributed by atoms with van der Waals surface area (Å²) < 4.78 is 0. The maximum absolute atomic E-state index is 11.4. The van der Waals surface area contributed by atoms with Gasteiger partial charge in [-0.1, -0.05) is 17.8 Å². The Morgan fingerprint density at radius 2 is 2.28 bits per heavy atom. The normalized spacial score (nSPS) is 10.7. The van der Waals surface area contributed by atoms with Crippen molar-refractivity contribution in [3.8, 4) is 0 Å². The summed E-state index contributed by atoms with van der Waals surface area (Å²) >= 11 is 2.83. The fourth-order valence-corrected chi connectivity index (χ4v) is 2.24. The predicted molar refractivity (Wildman–Crippen MR) is 72.8 cm³/mol. The number of thioether (sulfide) groups is 1. The smallest absolute Gasteiger partial charge is 0.250 e. The Labute approximate surface area is 112 Å². The van der Waals surface area contributed by atoms with Gasteiger partial charge in [0.25, 0.3) is 5.91 Å². The fraction of sp³-hybridized carbons (Fsp3) is 0.0909. The van der Waals surface area contributed by atoms with E-state index in [2.05, 4.69) is 20.5 Å². The van der Waals surface area contributed by atoms with Gasteiger partial charge in [0.1, 0.15) is 0 Å². The first kappa shape index (κ1) is 12.7. The van der Waals surface area contributed by atoms with Crippen LogP contribution < -0.4 is 5.43 Å². The van der Waals surface area contributed by atoms with E-state index in [1.165, 1.54) is 11.8 Å². The van der Waals surface area contributed by atoms with Crippen molar-refractivity contribution in [2.24, 2.45) is 5.10 Å². The SMILES string of the molecule is O=C(CSc1ncccn1)NN=Cc1cccs1. The van der Waals surface area contributed by atoms with Gasteiger partial charge in [-0.05, 0) is 17.5 Å². The summed E-state index contributed by atoms with van der Waals surface area (Å²) in [5, 5.41) is 6.39. The summed E-state index contributed by atoms with van der Waals surface area (Å²) in [4.78, 5) is 20.5. The molecule has 5 nitrogen and oxygen atoms in total. The van der Waals surface area contributed by atoms with Gasteiger partial charge in [-0.15, -0.1) is 11.3 Å². The molecule has 0 unspecified atom stereocenters. The maximum atomic E-state index is 11.4. The van der Waals surface area contributed by atoms with Crippen LogP contribution in [0.5, 0.6) is 0 Å². The zero-order valence-electron chi connectivity index (χ0n) is 9.31. The molecular formula is C11H10N4OS2. The van der Waals surface area contributed by atoms with E-state index < -0.39 is 0 Å². The molecule has 0 bridgehead atoms. The number of rotatable bonds is 5. The molecule has 0 radical (unpaired) electrons. The van der Waals surface area contributed by atoms with Crippen LogP contribution in [0.15, 0.2) is 46.2 Å². The molecule has 0 atom stereocenters. The van der Waals surface area contributed by atoms with Crippen LogP contribution in [0, 0.1) is 0 Å². The average Bonchev–Trinajstić information content (AvgIpc) is 2.91. The first-order valence-electron chi connectivity index (χ1n) is 5.10. The van der Waals surface area contributed by atoms with Gasteiger partial charge in [0.05, 0.1) is 12.0 Å². The summed E-state index contributed by atoms with van der Waals surface area (Å²) in [5.41, 5.74) is 2.45. The topological polar surface area (TPSA) is 67.2 Å². The molecule has 0 aliphatic carbocycles. The van der Waals surface area contributed by atoms with Crippen LogP contribution in [0.25, 0.3) is 0 Å². The van der Waals surface area contributed by atoms with Gasteiger partial charge in [0.15, 0.2) is 5.16 Å². The third-order valence-corrected chi connectivity index (χ3v) is 3.48. The molecule has 0 saturated heterocycles. The minimum atomic E-state index is -0.180. The van der Waals surface area contributed by atoms with Crippen molar-refractivity contribution < 1.29 is 4.79 Å². The van der Waals surface area contributed by atoms with Crippen molar-refractivity contribution in [1.82, 2.24) is 15.4 Å². The zero-order valence-corrected chi connectivity index (χ0v) is 10.9. The van der Waals surface area contributed by atoms with Crippen LogP contribution in [-0.4, -0.2) is 27.8 Å². The van der Waals surface area contributed by atoms with E-state index in [9.17, 15) is 4.79 Å². The predicted octanol–water partition coefficient (Wildman–Crippen LogP) is 1.78. The fourth-order valence-electron chi connectivity index (χ4n) is 1.05. The monoisotopic (exact) mass is 278 g/mol. The highest BCUT2D eigenvalue weighted by Crippen LogP contribution is 2.09. The molecule has 7 heteroatoms. The van der Waals surface area contributed by atoms with Crippen molar-refractivity contribution >= 4 is 35.2 Å². The van der Waals surface area contributed by atoms with E-state index in [-0.39, 0.29) is 11.7 Å². The molecule has 1 amide bonds. The van der Waals surface area contributed by atoms with Crippen LogP contribution in [0.3, 0.4) is 0 Å². The Morgan fingerprint density at radius 3 is 3.00 bits per heavy atom. The Balaban J connectivity index is 1.73. The minimum Gasteiger partial charge on any atom is -0.272 e. The second-order valence-electron chi connectivity index (χ2n) is 3.13. The molecule has 18 heavy (non-hydrogen) atoms. The number of carbonyl (C=O) groups excluding carboxylic acids is 1. The molecule has 0 aliphatic rings. The number of hydrogen-bond acceptors (Lipinski definition) is 6. The van der Waals surface area contributed by atoms with E-state index in [1.807, 2.05) is 17.5 Å². The average molecular weight is 278 g/mol. The highest BCUT2D eigenvalue weighted by atomic mass is 32.2. The van der Waals surface area contributed by atoms with Crippen molar-refractivity contribution in [3.63, 3.8) is 0 Å². The van der Waals surface area contributed by atoms with E-state index in [0.717, 1.165) is 4.88 Å². The largest absolute Gasteiger partial charge is 0.272 e. The van der Waals surface area contributed by atoms with Crippen LogP contribution in [-0.2, 0) is 4.79 Å². The van der Waals surface area contributed by atoms with Gasteiger partial charge in [-0.25, -0.2) is 15.4 Å². The maximum Gasteiger partial charge on any atom is 0.250 e. The molecule has 2 heterocycles. The summed E-state index contributed by atoms with van der Waals surface area (Å²) in [6, 6.07) is 5.58. The first-order valence-corrected chi connectivity index (χ1v) is 6.96. The van der Waals surface area contributed by atoms with Crippen molar-refractivity contribution in [2.45, 2.75) is 5.16 Å². The van der Waals surface area contributed by atoms with Gasteiger partial charge in [-0.3, -0.25) is 4.79 Å².